The van der Waals surface area contributed by atoms with Crippen LogP contribution in [0.1, 0.15) is 18.1 Å². The predicted octanol–water partition coefficient (Wildman–Crippen LogP) is 4.54. The van der Waals surface area contributed by atoms with Crippen molar-refractivity contribution < 1.29 is 18.3 Å². The molecule has 34 heavy (non-hydrogen) atoms. The fraction of sp³-hybridized carbons (Fsp3) is 0.200. The molecular formula is C25H24F2N4O3. The normalized spacial score (nSPS) is 14.9. The van der Waals surface area contributed by atoms with Crippen LogP contribution in [0.5, 0.6) is 5.75 Å². The van der Waals surface area contributed by atoms with Gasteiger partial charge in [0.2, 0.25) is 0 Å². The van der Waals surface area contributed by atoms with Gasteiger partial charge in [-0.2, -0.15) is 8.78 Å². The third kappa shape index (κ3) is 4.69. The Hall–Kier alpha value is -3.98. The topological polar surface area (TPSA) is 90.9 Å². The molecule has 2 aromatic carbocycles. The molecule has 1 aliphatic rings. The molecule has 0 aliphatic carbocycles. The maximum Gasteiger partial charge on any atom is 0.387 e. The molecule has 0 saturated heterocycles. The number of rotatable bonds is 7. The second-order valence-electron chi connectivity index (χ2n) is 7.49. The number of alkyl halides is 2. The number of aliphatic imine (C=N–C) groups is 1. The number of aromatic nitrogens is 1. The van der Waals surface area contributed by atoms with E-state index in [1.165, 1.54) is 16.7 Å². The number of anilines is 2. The summed E-state index contributed by atoms with van der Waals surface area (Å²) in [5.41, 5.74) is 9.34. The van der Waals surface area contributed by atoms with E-state index in [4.69, 9.17) is 10.5 Å². The second-order valence-corrected chi connectivity index (χ2v) is 7.49. The van der Waals surface area contributed by atoms with Crippen LogP contribution in [0.4, 0.5) is 20.3 Å². The molecule has 7 nitrogen and oxygen atoms in total. The predicted molar refractivity (Wildman–Crippen MR) is 130 cm³/mol. The van der Waals surface area contributed by atoms with Gasteiger partial charge in [-0.05, 0) is 61.0 Å². The van der Waals surface area contributed by atoms with E-state index in [0.29, 0.717) is 40.5 Å². The zero-order valence-corrected chi connectivity index (χ0v) is 18.7. The molecule has 0 saturated carbocycles. The standard InChI is InChI=1S/C25H24F2N4O3/c1-3-33-22-11-5-16-13-20(15-4-10-21(28)17(12-15)14-29-2)24(32)31(23(16)30-22)18-6-8-19(9-7-18)34-25(26)27/h4-14,22,25,30H,3,28H2,1-2H3. The van der Waals surface area contributed by atoms with Crippen molar-refractivity contribution in [1.82, 2.24) is 4.57 Å². The van der Waals surface area contributed by atoms with Crippen LogP contribution in [-0.2, 0) is 4.74 Å². The van der Waals surface area contributed by atoms with Crippen molar-refractivity contribution in [3.8, 4) is 22.6 Å². The van der Waals surface area contributed by atoms with Crippen molar-refractivity contribution in [1.29, 1.82) is 0 Å². The molecule has 0 radical (unpaired) electrons. The fourth-order valence-corrected chi connectivity index (χ4v) is 3.79. The average molecular weight is 466 g/mol. The summed E-state index contributed by atoms with van der Waals surface area (Å²) < 4.78 is 36.8. The van der Waals surface area contributed by atoms with Gasteiger partial charge < -0.3 is 20.5 Å². The Morgan fingerprint density at radius 3 is 2.65 bits per heavy atom. The first kappa shape index (κ1) is 23.2. The highest BCUT2D eigenvalue weighted by Gasteiger charge is 2.22. The second kappa shape index (κ2) is 9.88. The Morgan fingerprint density at radius 1 is 1.21 bits per heavy atom. The minimum absolute atomic E-state index is 0.00102. The van der Waals surface area contributed by atoms with Gasteiger partial charge in [-0.25, -0.2) is 0 Å². The lowest BCUT2D eigenvalue weighted by atomic mass is 10.0. The first-order valence-electron chi connectivity index (χ1n) is 10.6. The molecule has 0 bridgehead atoms. The molecule has 2 heterocycles. The number of nitrogen functional groups attached to an aromatic ring is 1. The third-order valence-corrected chi connectivity index (χ3v) is 5.29. The number of hydrogen-bond donors (Lipinski definition) is 2. The first-order valence-corrected chi connectivity index (χ1v) is 10.6. The Morgan fingerprint density at radius 2 is 1.97 bits per heavy atom. The Balaban J connectivity index is 1.90. The summed E-state index contributed by atoms with van der Waals surface area (Å²) in [6.07, 6.45) is 4.96. The molecule has 1 atom stereocenters. The van der Waals surface area contributed by atoms with Gasteiger partial charge in [0.25, 0.3) is 5.56 Å². The van der Waals surface area contributed by atoms with Crippen molar-refractivity contribution in [3.63, 3.8) is 0 Å². The number of pyridine rings is 1. The summed E-state index contributed by atoms with van der Waals surface area (Å²) in [4.78, 5) is 17.8. The number of halogens is 2. The van der Waals surface area contributed by atoms with Crippen LogP contribution >= 0.6 is 0 Å². The van der Waals surface area contributed by atoms with Crippen LogP contribution in [0.15, 0.2) is 64.4 Å². The van der Waals surface area contributed by atoms with E-state index >= 15 is 0 Å². The van der Waals surface area contributed by atoms with E-state index in [1.54, 1.807) is 49.7 Å². The van der Waals surface area contributed by atoms with E-state index in [-0.39, 0.29) is 11.3 Å². The van der Waals surface area contributed by atoms with Crippen molar-refractivity contribution in [2.24, 2.45) is 4.99 Å². The molecule has 1 unspecified atom stereocenters. The van der Waals surface area contributed by atoms with Crippen LogP contribution in [0, 0.1) is 0 Å². The van der Waals surface area contributed by atoms with Crippen LogP contribution in [0.25, 0.3) is 22.9 Å². The highest BCUT2D eigenvalue weighted by atomic mass is 19.3. The van der Waals surface area contributed by atoms with Gasteiger partial charge in [0, 0.05) is 42.2 Å². The molecule has 0 spiro atoms. The number of nitrogens with zero attached hydrogens (tertiary/aromatic N) is 2. The lowest BCUT2D eigenvalue weighted by Crippen LogP contribution is -2.31. The quantitative estimate of drug-likeness (QED) is 0.394. The van der Waals surface area contributed by atoms with Crippen LogP contribution in [0.2, 0.25) is 0 Å². The lowest BCUT2D eigenvalue weighted by molar-refractivity contribution is -0.0498. The molecule has 1 aliphatic heterocycles. The Labute approximate surface area is 195 Å². The maximum atomic E-state index is 13.8. The summed E-state index contributed by atoms with van der Waals surface area (Å²) >= 11 is 0. The molecule has 0 amide bonds. The monoisotopic (exact) mass is 466 g/mol. The average Bonchev–Trinajstić information content (AvgIpc) is 2.81. The minimum atomic E-state index is -2.94. The van der Waals surface area contributed by atoms with Crippen molar-refractivity contribution in [2.75, 3.05) is 24.7 Å². The summed E-state index contributed by atoms with van der Waals surface area (Å²) in [5, 5.41) is 3.23. The molecule has 4 rings (SSSR count). The number of benzene rings is 2. The van der Waals surface area contributed by atoms with Crippen LogP contribution < -0.4 is 21.3 Å². The number of ether oxygens (including phenoxy) is 2. The highest BCUT2D eigenvalue weighted by Crippen LogP contribution is 2.30. The van der Waals surface area contributed by atoms with E-state index in [0.717, 1.165) is 5.56 Å². The summed E-state index contributed by atoms with van der Waals surface area (Å²) in [7, 11) is 1.64. The zero-order valence-electron chi connectivity index (χ0n) is 18.7. The smallest absolute Gasteiger partial charge is 0.387 e. The molecule has 3 N–H and O–H groups in total. The van der Waals surface area contributed by atoms with Gasteiger partial charge in [-0.15, -0.1) is 0 Å². The van der Waals surface area contributed by atoms with Crippen molar-refractivity contribution in [3.05, 3.63) is 76.1 Å². The van der Waals surface area contributed by atoms with E-state index in [1.807, 2.05) is 19.1 Å². The van der Waals surface area contributed by atoms with E-state index in [9.17, 15) is 13.6 Å². The Kier molecular flexibility index (Phi) is 6.74. The number of nitrogens with one attached hydrogen (secondary N) is 1. The summed E-state index contributed by atoms with van der Waals surface area (Å²) in [6, 6.07) is 13.0. The van der Waals surface area contributed by atoms with Crippen LogP contribution in [0.3, 0.4) is 0 Å². The SMILES string of the molecule is CCOC1C=Cc2cc(-c3ccc(N)c(C=NC)c3)c(=O)n(-c3ccc(OC(F)F)cc3)c2N1. The highest BCUT2D eigenvalue weighted by molar-refractivity contribution is 5.89. The van der Waals surface area contributed by atoms with Gasteiger partial charge >= 0.3 is 6.61 Å². The largest absolute Gasteiger partial charge is 0.435 e. The molecule has 3 aromatic rings. The first-order chi connectivity index (χ1) is 16.4. The zero-order chi connectivity index (χ0) is 24.2. The number of hydrogen-bond acceptors (Lipinski definition) is 6. The van der Waals surface area contributed by atoms with E-state index < -0.39 is 12.8 Å². The van der Waals surface area contributed by atoms with Crippen molar-refractivity contribution >= 4 is 23.8 Å². The van der Waals surface area contributed by atoms with E-state index in [2.05, 4.69) is 15.0 Å². The summed E-state index contributed by atoms with van der Waals surface area (Å²) in [6.45, 7) is -0.580. The van der Waals surface area contributed by atoms with Gasteiger partial charge in [-0.1, -0.05) is 12.1 Å². The molecule has 0 fully saturated rings. The summed E-state index contributed by atoms with van der Waals surface area (Å²) in [5.74, 6) is 0.530. The molecular weight excluding hydrogens is 442 g/mol. The molecule has 176 valence electrons. The fourth-order valence-electron chi connectivity index (χ4n) is 3.79. The molecule has 9 heteroatoms. The Bertz CT molecular complexity index is 1300. The molecule has 1 aromatic heterocycles. The minimum Gasteiger partial charge on any atom is -0.435 e. The maximum absolute atomic E-state index is 13.8. The van der Waals surface area contributed by atoms with Gasteiger partial charge in [0.15, 0.2) is 0 Å². The third-order valence-electron chi connectivity index (χ3n) is 5.29. The van der Waals surface area contributed by atoms with Crippen LogP contribution in [-0.4, -0.2) is 37.3 Å². The lowest BCUT2D eigenvalue weighted by Gasteiger charge is -2.26. The van der Waals surface area contributed by atoms with Gasteiger partial charge in [0.05, 0.1) is 5.69 Å². The van der Waals surface area contributed by atoms with Gasteiger partial charge in [-0.3, -0.25) is 14.4 Å². The number of nitrogens with two attached hydrogens (primary N) is 1. The number of fused-ring (bicyclic) bond motifs is 1. The van der Waals surface area contributed by atoms with Gasteiger partial charge in [0.1, 0.15) is 17.8 Å². The van der Waals surface area contributed by atoms with Crippen molar-refractivity contribution in [2.45, 2.75) is 19.8 Å².